The van der Waals surface area contributed by atoms with Crippen LogP contribution in [-0.2, 0) is 0 Å². The lowest BCUT2D eigenvalue weighted by Crippen LogP contribution is -2.26. The van der Waals surface area contributed by atoms with Crippen LogP contribution >= 0.6 is 15.9 Å². The van der Waals surface area contributed by atoms with Gasteiger partial charge in [0.2, 0.25) is 5.96 Å². The van der Waals surface area contributed by atoms with Crippen LogP contribution in [0, 0.1) is 17.0 Å². The van der Waals surface area contributed by atoms with E-state index in [-0.39, 0.29) is 23.3 Å². The van der Waals surface area contributed by atoms with Crippen molar-refractivity contribution in [3.05, 3.63) is 32.3 Å². The zero-order valence-electron chi connectivity index (χ0n) is 9.42. The van der Waals surface area contributed by atoms with Gasteiger partial charge in [0.1, 0.15) is 0 Å². The number of aliphatic imine (C=N–C) groups is 2. The Balaban J connectivity index is 3.28. The number of halogens is 1. The molecule has 1 aromatic rings. The normalized spacial score (nSPS) is 11.1. The molecule has 0 unspecified atom stereocenters. The first-order valence-corrected chi connectivity index (χ1v) is 5.49. The second kappa shape index (κ2) is 5.45. The highest BCUT2D eigenvalue weighted by Crippen LogP contribution is 2.31. The van der Waals surface area contributed by atoms with Crippen LogP contribution in [0.5, 0.6) is 0 Å². The fraction of sp³-hybridized carbons (Fsp3) is 0.111. The second-order valence-corrected chi connectivity index (χ2v) is 4.19. The summed E-state index contributed by atoms with van der Waals surface area (Å²) in [4.78, 5) is 17.7. The van der Waals surface area contributed by atoms with Crippen LogP contribution in [-0.4, -0.2) is 16.8 Å². The lowest BCUT2D eigenvalue weighted by molar-refractivity contribution is -0.385. The van der Waals surface area contributed by atoms with Crippen molar-refractivity contribution in [1.82, 2.24) is 0 Å². The molecule has 0 radical (unpaired) electrons. The Hall–Kier alpha value is -2.16. The van der Waals surface area contributed by atoms with Crippen molar-refractivity contribution >= 4 is 39.2 Å². The van der Waals surface area contributed by atoms with Crippen molar-refractivity contribution < 1.29 is 4.92 Å². The molecule has 1 aromatic carbocycles. The van der Waals surface area contributed by atoms with Gasteiger partial charge < -0.3 is 17.2 Å². The maximum Gasteiger partial charge on any atom is 0.275 e. The van der Waals surface area contributed by atoms with Gasteiger partial charge in [-0.2, -0.15) is 4.99 Å². The summed E-state index contributed by atoms with van der Waals surface area (Å²) >= 11 is 3.21. The van der Waals surface area contributed by atoms with Gasteiger partial charge in [0.25, 0.3) is 5.69 Å². The van der Waals surface area contributed by atoms with Crippen molar-refractivity contribution in [2.45, 2.75) is 6.92 Å². The average molecular weight is 315 g/mol. The molecule has 0 saturated carbocycles. The standard InChI is InChI=1S/C9H11BrN6O2/c1-4-6(10)2-5(3-7(4)16(17)18)14-9(13)15-8(11)12/h2-3H,1H3,(H6,11,12,13,14,15). The van der Waals surface area contributed by atoms with Crippen molar-refractivity contribution in [3.8, 4) is 0 Å². The fourth-order valence-corrected chi connectivity index (χ4v) is 1.63. The predicted molar refractivity (Wildman–Crippen MR) is 72.6 cm³/mol. The van der Waals surface area contributed by atoms with Crippen LogP contribution in [0.15, 0.2) is 26.6 Å². The molecule has 8 nitrogen and oxygen atoms in total. The maximum absolute atomic E-state index is 10.8. The molecule has 0 fully saturated rings. The van der Waals surface area contributed by atoms with E-state index in [0.29, 0.717) is 10.0 Å². The number of nitrogens with zero attached hydrogens (tertiary/aromatic N) is 3. The van der Waals surface area contributed by atoms with Gasteiger partial charge in [-0.05, 0) is 13.0 Å². The van der Waals surface area contributed by atoms with Gasteiger partial charge in [0.05, 0.1) is 10.6 Å². The molecule has 0 saturated heterocycles. The fourth-order valence-electron chi connectivity index (χ4n) is 1.19. The molecule has 0 spiro atoms. The first-order valence-electron chi connectivity index (χ1n) is 4.69. The second-order valence-electron chi connectivity index (χ2n) is 3.34. The highest BCUT2D eigenvalue weighted by Gasteiger charge is 2.14. The van der Waals surface area contributed by atoms with Gasteiger partial charge in [0, 0.05) is 16.1 Å². The Bertz CT molecular complexity index is 550. The highest BCUT2D eigenvalue weighted by molar-refractivity contribution is 9.10. The third kappa shape index (κ3) is 3.42. The molecule has 18 heavy (non-hydrogen) atoms. The van der Waals surface area contributed by atoms with Crippen molar-refractivity contribution in [2.24, 2.45) is 27.2 Å². The molecule has 9 heteroatoms. The molecule has 0 bridgehead atoms. The van der Waals surface area contributed by atoms with E-state index in [1.165, 1.54) is 6.07 Å². The van der Waals surface area contributed by atoms with Crippen molar-refractivity contribution in [1.29, 1.82) is 0 Å². The van der Waals surface area contributed by atoms with Crippen LogP contribution in [0.3, 0.4) is 0 Å². The molecule has 0 amide bonds. The molecule has 0 aromatic heterocycles. The van der Waals surface area contributed by atoms with Crippen molar-refractivity contribution in [2.75, 3.05) is 0 Å². The van der Waals surface area contributed by atoms with E-state index in [4.69, 9.17) is 17.2 Å². The third-order valence-corrected chi connectivity index (χ3v) is 2.81. The number of rotatable bonds is 2. The number of guanidine groups is 2. The van der Waals surface area contributed by atoms with Gasteiger partial charge >= 0.3 is 0 Å². The number of benzene rings is 1. The Morgan fingerprint density at radius 3 is 2.50 bits per heavy atom. The van der Waals surface area contributed by atoms with E-state index in [2.05, 4.69) is 25.9 Å². The zero-order valence-corrected chi connectivity index (χ0v) is 11.0. The summed E-state index contributed by atoms with van der Waals surface area (Å²) in [5, 5.41) is 10.8. The Morgan fingerprint density at radius 2 is 2.00 bits per heavy atom. The average Bonchev–Trinajstić information content (AvgIpc) is 2.21. The monoisotopic (exact) mass is 314 g/mol. The van der Waals surface area contributed by atoms with E-state index in [0.717, 1.165) is 0 Å². The van der Waals surface area contributed by atoms with Gasteiger partial charge in [-0.3, -0.25) is 10.1 Å². The molecule has 6 N–H and O–H groups in total. The molecule has 0 aliphatic rings. The number of hydrogen-bond acceptors (Lipinski definition) is 3. The third-order valence-electron chi connectivity index (χ3n) is 1.99. The predicted octanol–water partition coefficient (Wildman–Crippen LogP) is 0.885. The molecule has 0 atom stereocenters. The smallest absolute Gasteiger partial charge is 0.275 e. The number of nitro groups is 1. The van der Waals surface area contributed by atoms with Gasteiger partial charge in [-0.1, -0.05) is 15.9 Å². The molecule has 0 aliphatic heterocycles. The lowest BCUT2D eigenvalue weighted by Gasteiger charge is -2.02. The first-order chi connectivity index (χ1) is 8.31. The summed E-state index contributed by atoms with van der Waals surface area (Å²) in [7, 11) is 0. The van der Waals surface area contributed by atoms with Crippen LogP contribution < -0.4 is 17.2 Å². The quantitative estimate of drug-likeness (QED) is 0.321. The summed E-state index contributed by atoms with van der Waals surface area (Å²) in [6.45, 7) is 1.62. The SMILES string of the molecule is Cc1c(Br)cc(N=C(N)N=C(N)N)cc1[N+](=O)[O-]. The van der Waals surface area contributed by atoms with Crippen LogP contribution in [0.4, 0.5) is 11.4 Å². The molecule has 96 valence electrons. The minimum Gasteiger partial charge on any atom is -0.370 e. The van der Waals surface area contributed by atoms with Gasteiger partial charge in [0.15, 0.2) is 5.96 Å². The van der Waals surface area contributed by atoms with Crippen LogP contribution in [0.2, 0.25) is 0 Å². The number of hydrogen-bond donors (Lipinski definition) is 3. The molecule has 1 rings (SSSR count). The lowest BCUT2D eigenvalue weighted by atomic mass is 10.2. The minimum atomic E-state index is -0.504. The van der Waals surface area contributed by atoms with E-state index in [1.54, 1.807) is 13.0 Å². The summed E-state index contributed by atoms with van der Waals surface area (Å²) in [5.41, 5.74) is 16.4. The summed E-state index contributed by atoms with van der Waals surface area (Å²) in [6, 6.07) is 2.87. The Labute approximate surface area is 111 Å². The molecule has 0 heterocycles. The first kappa shape index (κ1) is 13.9. The number of nitrogens with two attached hydrogens (primary N) is 3. The summed E-state index contributed by atoms with van der Waals surface area (Å²) in [5.74, 6) is -0.419. The van der Waals surface area contributed by atoms with E-state index in [1.807, 2.05) is 0 Å². The number of nitro benzene ring substituents is 1. The highest BCUT2D eigenvalue weighted by atomic mass is 79.9. The molecular formula is C9H11BrN6O2. The van der Waals surface area contributed by atoms with E-state index < -0.39 is 4.92 Å². The largest absolute Gasteiger partial charge is 0.370 e. The van der Waals surface area contributed by atoms with Crippen LogP contribution in [0.1, 0.15) is 5.56 Å². The molecular weight excluding hydrogens is 304 g/mol. The Morgan fingerprint density at radius 1 is 1.39 bits per heavy atom. The Kier molecular flexibility index (Phi) is 4.21. The summed E-state index contributed by atoms with van der Waals surface area (Å²) in [6.07, 6.45) is 0. The topological polar surface area (TPSA) is 146 Å². The summed E-state index contributed by atoms with van der Waals surface area (Å²) < 4.78 is 0.549. The van der Waals surface area contributed by atoms with Gasteiger partial charge in [-0.15, -0.1) is 0 Å². The van der Waals surface area contributed by atoms with Gasteiger partial charge in [-0.25, -0.2) is 4.99 Å². The van der Waals surface area contributed by atoms with Crippen molar-refractivity contribution in [3.63, 3.8) is 0 Å². The molecule has 0 aliphatic carbocycles. The zero-order chi connectivity index (χ0) is 13.9. The van der Waals surface area contributed by atoms with E-state index >= 15 is 0 Å². The van der Waals surface area contributed by atoms with Crippen LogP contribution in [0.25, 0.3) is 0 Å². The van der Waals surface area contributed by atoms with E-state index in [9.17, 15) is 10.1 Å². The maximum atomic E-state index is 10.8. The minimum absolute atomic E-state index is 0.0689.